The maximum Gasteiger partial charge on any atom is 0.389 e. The fraction of sp³-hybridized carbons (Fsp3) is 1.00. The third-order valence-corrected chi connectivity index (χ3v) is 4.40. The van der Waals surface area contributed by atoms with Gasteiger partial charge in [-0.3, -0.25) is 0 Å². The Morgan fingerprint density at radius 2 is 1.65 bits per heavy atom. The summed E-state index contributed by atoms with van der Waals surface area (Å²) in [6.07, 6.45) is 0.632. The van der Waals surface area contributed by atoms with Crippen LogP contribution in [0.3, 0.4) is 0 Å². The minimum absolute atomic E-state index is 0.106. The van der Waals surface area contributed by atoms with Crippen molar-refractivity contribution in [1.82, 2.24) is 0 Å². The molecule has 0 saturated heterocycles. The number of hydrogen-bond donors (Lipinski definition) is 0. The fourth-order valence-corrected chi connectivity index (χ4v) is 3.32. The van der Waals surface area contributed by atoms with Crippen molar-refractivity contribution in [1.29, 1.82) is 0 Å². The molecule has 0 heterocycles. The highest BCUT2D eigenvalue weighted by atomic mass is 19.4. The SMILES string of the molecule is CCOCC(CCC(F)(F)F)(COC)C1CCCCC1. The van der Waals surface area contributed by atoms with Crippen molar-refractivity contribution in [2.45, 2.75) is 58.0 Å². The summed E-state index contributed by atoms with van der Waals surface area (Å²) in [5.74, 6) is 0.282. The molecule has 2 nitrogen and oxygen atoms in total. The van der Waals surface area contributed by atoms with Gasteiger partial charge in [-0.25, -0.2) is 0 Å². The minimum atomic E-state index is -4.11. The van der Waals surface area contributed by atoms with Crippen LogP contribution in [0.25, 0.3) is 0 Å². The summed E-state index contributed by atoms with van der Waals surface area (Å²) in [5, 5.41) is 0. The van der Waals surface area contributed by atoms with Crippen molar-refractivity contribution in [3.8, 4) is 0 Å². The van der Waals surface area contributed by atoms with Crippen molar-refractivity contribution in [3.05, 3.63) is 0 Å². The first-order valence-electron chi connectivity index (χ1n) is 7.57. The molecule has 0 aromatic rings. The van der Waals surface area contributed by atoms with Crippen molar-refractivity contribution in [2.75, 3.05) is 26.9 Å². The van der Waals surface area contributed by atoms with E-state index < -0.39 is 18.0 Å². The minimum Gasteiger partial charge on any atom is -0.384 e. The molecule has 1 fully saturated rings. The lowest BCUT2D eigenvalue weighted by Crippen LogP contribution is -2.41. The van der Waals surface area contributed by atoms with Crippen LogP contribution in [0.4, 0.5) is 13.2 Å². The second-order valence-electron chi connectivity index (χ2n) is 5.88. The average molecular weight is 296 g/mol. The molecular weight excluding hydrogens is 269 g/mol. The molecule has 0 radical (unpaired) electrons. The summed E-state index contributed by atoms with van der Waals surface area (Å²) in [6, 6.07) is 0. The predicted octanol–water partition coefficient (Wildman–Crippen LogP) is 4.58. The molecule has 0 aromatic carbocycles. The van der Waals surface area contributed by atoms with Crippen LogP contribution in [0.15, 0.2) is 0 Å². The Morgan fingerprint density at radius 3 is 2.15 bits per heavy atom. The van der Waals surface area contributed by atoms with E-state index in [1.165, 1.54) is 6.42 Å². The largest absolute Gasteiger partial charge is 0.389 e. The summed E-state index contributed by atoms with van der Waals surface area (Å²) in [5.41, 5.74) is -0.485. The summed E-state index contributed by atoms with van der Waals surface area (Å²) >= 11 is 0. The Balaban J connectivity index is 2.80. The molecule has 120 valence electrons. The van der Waals surface area contributed by atoms with Crippen LogP contribution in [-0.4, -0.2) is 33.1 Å². The Labute approximate surface area is 120 Å². The lowest BCUT2D eigenvalue weighted by Gasteiger charge is -2.42. The Bertz CT molecular complexity index is 262. The van der Waals surface area contributed by atoms with E-state index >= 15 is 0 Å². The second-order valence-corrected chi connectivity index (χ2v) is 5.88. The molecule has 1 aliphatic rings. The number of halogens is 3. The van der Waals surface area contributed by atoms with Crippen LogP contribution in [0, 0.1) is 11.3 Å². The molecule has 1 saturated carbocycles. The van der Waals surface area contributed by atoms with Crippen molar-refractivity contribution < 1.29 is 22.6 Å². The van der Waals surface area contributed by atoms with Gasteiger partial charge in [0.1, 0.15) is 0 Å². The number of alkyl halides is 3. The van der Waals surface area contributed by atoms with Gasteiger partial charge in [0.25, 0.3) is 0 Å². The third kappa shape index (κ3) is 5.60. The van der Waals surface area contributed by atoms with Gasteiger partial charge >= 0.3 is 6.18 Å². The van der Waals surface area contributed by atoms with E-state index in [1.54, 1.807) is 7.11 Å². The van der Waals surface area contributed by atoms with Gasteiger partial charge in [0.05, 0.1) is 13.2 Å². The lowest BCUT2D eigenvalue weighted by atomic mass is 9.67. The zero-order valence-corrected chi connectivity index (χ0v) is 12.6. The summed E-state index contributed by atoms with van der Waals surface area (Å²) in [6.45, 7) is 3.14. The molecule has 1 rings (SSSR count). The van der Waals surface area contributed by atoms with E-state index in [2.05, 4.69) is 0 Å². The van der Waals surface area contributed by atoms with E-state index in [1.807, 2.05) is 6.92 Å². The first kappa shape index (κ1) is 17.8. The van der Waals surface area contributed by atoms with Gasteiger partial charge in [0.15, 0.2) is 0 Å². The maximum atomic E-state index is 12.6. The third-order valence-electron chi connectivity index (χ3n) is 4.40. The number of methoxy groups -OCH3 is 1. The summed E-state index contributed by atoms with van der Waals surface area (Å²) in [4.78, 5) is 0. The standard InChI is InChI=1S/C15H27F3O2/c1-3-20-12-14(11-19-2,9-10-15(16,17)18)13-7-5-4-6-8-13/h13H,3-12H2,1-2H3. The zero-order valence-electron chi connectivity index (χ0n) is 12.6. The molecule has 1 unspecified atom stereocenters. The molecule has 0 spiro atoms. The first-order valence-corrected chi connectivity index (χ1v) is 7.57. The van der Waals surface area contributed by atoms with Crippen LogP contribution in [-0.2, 0) is 9.47 Å². The first-order chi connectivity index (χ1) is 9.43. The molecule has 0 aromatic heterocycles. The van der Waals surface area contributed by atoms with E-state index in [9.17, 15) is 13.2 Å². The molecule has 1 atom stereocenters. The van der Waals surface area contributed by atoms with Crippen molar-refractivity contribution in [3.63, 3.8) is 0 Å². The van der Waals surface area contributed by atoms with Crippen LogP contribution >= 0.6 is 0 Å². The number of rotatable bonds is 8. The van der Waals surface area contributed by atoms with E-state index in [-0.39, 0.29) is 12.3 Å². The van der Waals surface area contributed by atoms with Crippen LogP contribution < -0.4 is 0 Å². The van der Waals surface area contributed by atoms with E-state index in [4.69, 9.17) is 9.47 Å². The average Bonchev–Trinajstić information content (AvgIpc) is 2.42. The van der Waals surface area contributed by atoms with Crippen LogP contribution in [0.1, 0.15) is 51.9 Å². The maximum absolute atomic E-state index is 12.6. The Kier molecular flexibility index (Phi) is 7.30. The molecule has 0 amide bonds. The normalized spacial score (nSPS) is 20.9. The predicted molar refractivity (Wildman–Crippen MR) is 72.7 cm³/mol. The van der Waals surface area contributed by atoms with Gasteiger partial charge in [-0.05, 0) is 32.1 Å². The van der Waals surface area contributed by atoms with Gasteiger partial charge in [0.2, 0.25) is 0 Å². The highest BCUT2D eigenvalue weighted by Crippen LogP contribution is 2.44. The molecule has 20 heavy (non-hydrogen) atoms. The van der Waals surface area contributed by atoms with Crippen molar-refractivity contribution in [2.24, 2.45) is 11.3 Å². The highest BCUT2D eigenvalue weighted by molar-refractivity contribution is 4.89. The quantitative estimate of drug-likeness (QED) is 0.653. The molecule has 0 N–H and O–H groups in total. The number of hydrogen-bond acceptors (Lipinski definition) is 2. The molecule has 0 bridgehead atoms. The fourth-order valence-electron chi connectivity index (χ4n) is 3.32. The van der Waals surface area contributed by atoms with Gasteiger partial charge in [0, 0.05) is 25.6 Å². The monoisotopic (exact) mass is 296 g/mol. The van der Waals surface area contributed by atoms with Gasteiger partial charge in [-0.2, -0.15) is 13.2 Å². The van der Waals surface area contributed by atoms with Gasteiger partial charge in [-0.15, -0.1) is 0 Å². The zero-order chi connectivity index (χ0) is 15.1. The molecule has 1 aliphatic carbocycles. The van der Waals surface area contributed by atoms with Crippen LogP contribution in [0.5, 0.6) is 0 Å². The smallest absolute Gasteiger partial charge is 0.384 e. The second kappa shape index (κ2) is 8.23. The Morgan fingerprint density at radius 1 is 1.00 bits per heavy atom. The number of ether oxygens (including phenoxy) is 2. The molecule has 0 aliphatic heterocycles. The van der Waals surface area contributed by atoms with Crippen molar-refractivity contribution >= 4 is 0 Å². The van der Waals surface area contributed by atoms with Gasteiger partial charge in [-0.1, -0.05) is 19.3 Å². The Hall–Kier alpha value is -0.290. The van der Waals surface area contributed by atoms with E-state index in [0.29, 0.717) is 19.8 Å². The molecular formula is C15H27F3O2. The topological polar surface area (TPSA) is 18.5 Å². The van der Waals surface area contributed by atoms with Gasteiger partial charge < -0.3 is 9.47 Å². The highest BCUT2D eigenvalue weighted by Gasteiger charge is 2.42. The molecule has 5 heteroatoms. The summed E-state index contributed by atoms with van der Waals surface area (Å²) < 4.78 is 48.7. The lowest BCUT2D eigenvalue weighted by molar-refractivity contribution is -0.152. The van der Waals surface area contributed by atoms with E-state index in [0.717, 1.165) is 25.7 Å². The summed E-state index contributed by atoms with van der Waals surface area (Å²) in [7, 11) is 1.57. The van der Waals surface area contributed by atoms with Crippen LogP contribution in [0.2, 0.25) is 0 Å².